The Kier molecular flexibility index (Phi) is 6.83. The zero-order valence-electron chi connectivity index (χ0n) is 14.4. The first-order chi connectivity index (χ1) is 12.1. The van der Waals surface area contributed by atoms with Gasteiger partial charge in [-0.15, -0.1) is 0 Å². The summed E-state index contributed by atoms with van der Waals surface area (Å²) in [4.78, 5) is 23.6. The number of methoxy groups -OCH3 is 1. The van der Waals surface area contributed by atoms with E-state index in [0.717, 1.165) is 6.42 Å². The molecule has 0 radical (unpaired) electrons. The maximum atomic E-state index is 11.8. The molecule has 0 aliphatic heterocycles. The van der Waals surface area contributed by atoms with E-state index in [1.54, 1.807) is 31.4 Å². The third kappa shape index (κ3) is 6.18. The molecule has 2 rings (SSSR count). The maximum absolute atomic E-state index is 11.8. The van der Waals surface area contributed by atoms with E-state index in [0.29, 0.717) is 17.2 Å². The minimum absolute atomic E-state index is 0.111. The fraction of sp³-hybridized carbons (Fsp3) is 0.263. The third-order valence-electron chi connectivity index (χ3n) is 3.52. The number of anilines is 1. The number of aryl methyl sites for hydroxylation is 1. The van der Waals surface area contributed by atoms with Gasteiger partial charge in [0, 0.05) is 5.69 Å². The summed E-state index contributed by atoms with van der Waals surface area (Å²) in [5, 5.41) is 5.24. The molecule has 25 heavy (non-hydrogen) atoms. The quantitative estimate of drug-likeness (QED) is 0.772. The van der Waals surface area contributed by atoms with Crippen LogP contribution in [-0.4, -0.2) is 32.1 Å². The molecule has 2 aromatic rings. The van der Waals surface area contributed by atoms with E-state index in [-0.39, 0.29) is 25.0 Å². The minimum Gasteiger partial charge on any atom is -0.497 e. The molecule has 0 saturated heterocycles. The summed E-state index contributed by atoms with van der Waals surface area (Å²) in [5.41, 5.74) is 1.90. The smallest absolute Gasteiger partial charge is 0.258 e. The number of carbonyl (C=O) groups excluding carboxylic acids is 2. The highest BCUT2D eigenvalue weighted by Gasteiger charge is 2.07. The lowest BCUT2D eigenvalue weighted by Gasteiger charge is -2.09. The van der Waals surface area contributed by atoms with Gasteiger partial charge in [0.25, 0.3) is 5.91 Å². The van der Waals surface area contributed by atoms with Crippen LogP contribution in [0, 0.1) is 0 Å². The minimum atomic E-state index is -0.368. The van der Waals surface area contributed by atoms with Crippen LogP contribution in [0.5, 0.6) is 11.5 Å². The van der Waals surface area contributed by atoms with E-state index in [9.17, 15) is 9.59 Å². The number of nitrogens with one attached hydrogen (secondary N) is 2. The Morgan fingerprint density at radius 1 is 0.920 bits per heavy atom. The highest BCUT2D eigenvalue weighted by Crippen LogP contribution is 2.16. The van der Waals surface area contributed by atoms with Crippen molar-refractivity contribution in [1.82, 2.24) is 5.32 Å². The molecule has 6 heteroatoms. The molecule has 6 nitrogen and oxygen atoms in total. The molecule has 0 atom stereocenters. The Labute approximate surface area is 147 Å². The SMILES string of the molecule is CCc1ccc(NC(=O)CNC(=O)COc2ccc(OC)cc2)cc1. The van der Waals surface area contributed by atoms with Crippen molar-refractivity contribution in [1.29, 1.82) is 0 Å². The third-order valence-corrected chi connectivity index (χ3v) is 3.52. The van der Waals surface area contributed by atoms with Crippen molar-refractivity contribution >= 4 is 17.5 Å². The molecular weight excluding hydrogens is 320 g/mol. The average molecular weight is 342 g/mol. The van der Waals surface area contributed by atoms with Gasteiger partial charge in [-0.1, -0.05) is 19.1 Å². The van der Waals surface area contributed by atoms with Crippen molar-refractivity contribution in [3.05, 3.63) is 54.1 Å². The standard InChI is InChI=1S/C19H22N2O4/c1-3-14-4-6-15(7-5-14)21-18(22)12-20-19(23)13-25-17-10-8-16(24-2)9-11-17/h4-11H,3,12-13H2,1-2H3,(H,20,23)(H,21,22). The molecule has 0 heterocycles. The lowest BCUT2D eigenvalue weighted by Crippen LogP contribution is -2.35. The Balaban J connectivity index is 1.70. The predicted molar refractivity (Wildman–Crippen MR) is 95.9 cm³/mol. The largest absolute Gasteiger partial charge is 0.497 e. The molecule has 0 saturated carbocycles. The van der Waals surface area contributed by atoms with Crippen LogP contribution in [0.15, 0.2) is 48.5 Å². The van der Waals surface area contributed by atoms with Crippen LogP contribution < -0.4 is 20.1 Å². The van der Waals surface area contributed by atoms with Gasteiger partial charge in [-0.25, -0.2) is 0 Å². The monoisotopic (exact) mass is 342 g/mol. The summed E-state index contributed by atoms with van der Waals surface area (Å²) >= 11 is 0. The van der Waals surface area contributed by atoms with Crippen molar-refractivity contribution in [2.45, 2.75) is 13.3 Å². The molecule has 132 valence electrons. The zero-order chi connectivity index (χ0) is 18.1. The molecular formula is C19H22N2O4. The second-order valence-corrected chi connectivity index (χ2v) is 5.34. The lowest BCUT2D eigenvalue weighted by atomic mass is 10.1. The van der Waals surface area contributed by atoms with E-state index >= 15 is 0 Å². The number of benzene rings is 2. The average Bonchev–Trinajstić information content (AvgIpc) is 2.65. The molecule has 0 spiro atoms. The second kappa shape index (κ2) is 9.32. The molecule has 0 unspecified atom stereocenters. The highest BCUT2D eigenvalue weighted by molar-refractivity contribution is 5.94. The van der Waals surface area contributed by atoms with Crippen molar-refractivity contribution < 1.29 is 19.1 Å². The number of rotatable bonds is 8. The van der Waals surface area contributed by atoms with E-state index in [4.69, 9.17) is 9.47 Å². The summed E-state index contributed by atoms with van der Waals surface area (Å²) in [6, 6.07) is 14.5. The topological polar surface area (TPSA) is 76.7 Å². The van der Waals surface area contributed by atoms with Gasteiger partial charge in [0.2, 0.25) is 5.91 Å². The van der Waals surface area contributed by atoms with Crippen LogP contribution in [0.2, 0.25) is 0 Å². The summed E-state index contributed by atoms with van der Waals surface area (Å²) in [6.07, 6.45) is 0.943. The lowest BCUT2D eigenvalue weighted by molar-refractivity contribution is -0.125. The van der Waals surface area contributed by atoms with E-state index in [2.05, 4.69) is 17.6 Å². The van der Waals surface area contributed by atoms with Gasteiger partial charge >= 0.3 is 0 Å². The number of hydrogen-bond donors (Lipinski definition) is 2. The van der Waals surface area contributed by atoms with Crippen LogP contribution in [0.25, 0.3) is 0 Å². The van der Waals surface area contributed by atoms with Crippen LogP contribution in [0.4, 0.5) is 5.69 Å². The van der Waals surface area contributed by atoms with Crippen LogP contribution in [-0.2, 0) is 16.0 Å². The van der Waals surface area contributed by atoms with Crippen molar-refractivity contribution in [3.8, 4) is 11.5 Å². The first-order valence-electron chi connectivity index (χ1n) is 8.03. The Morgan fingerprint density at radius 3 is 2.16 bits per heavy atom. The highest BCUT2D eigenvalue weighted by atomic mass is 16.5. The van der Waals surface area contributed by atoms with E-state index in [1.807, 2.05) is 24.3 Å². The van der Waals surface area contributed by atoms with Gasteiger partial charge in [-0.05, 0) is 48.4 Å². The van der Waals surface area contributed by atoms with Crippen LogP contribution >= 0.6 is 0 Å². The summed E-state index contributed by atoms with van der Waals surface area (Å²) in [5.74, 6) is 0.603. The van der Waals surface area contributed by atoms with Gasteiger partial charge in [-0.2, -0.15) is 0 Å². The van der Waals surface area contributed by atoms with Crippen molar-refractivity contribution in [2.24, 2.45) is 0 Å². The van der Waals surface area contributed by atoms with Gasteiger partial charge in [-0.3, -0.25) is 9.59 Å². The number of amides is 2. The van der Waals surface area contributed by atoms with E-state index in [1.165, 1.54) is 5.56 Å². The Morgan fingerprint density at radius 2 is 1.56 bits per heavy atom. The summed E-state index contributed by atoms with van der Waals surface area (Å²) in [6.45, 7) is 1.79. The molecule has 2 amide bonds. The Hall–Kier alpha value is -3.02. The molecule has 2 aromatic carbocycles. The fourth-order valence-electron chi connectivity index (χ4n) is 2.08. The zero-order valence-corrected chi connectivity index (χ0v) is 14.4. The van der Waals surface area contributed by atoms with Crippen LogP contribution in [0.3, 0.4) is 0 Å². The Bertz CT molecular complexity index is 696. The second-order valence-electron chi connectivity index (χ2n) is 5.34. The molecule has 0 bridgehead atoms. The predicted octanol–water partition coefficient (Wildman–Crippen LogP) is 2.39. The normalized spacial score (nSPS) is 10.0. The maximum Gasteiger partial charge on any atom is 0.258 e. The first kappa shape index (κ1) is 18.3. The number of hydrogen-bond acceptors (Lipinski definition) is 4. The van der Waals surface area contributed by atoms with E-state index < -0.39 is 0 Å². The number of carbonyl (C=O) groups is 2. The number of ether oxygens (including phenoxy) is 2. The fourth-order valence-corrected chi connectivity index (χ4v) is 2.08. The van der Waals surface area contributed by atoms with Gasteiger partial charge in [0.05, 0.1) is 13.7 Å². The molecule has 0 fully saturated rings. The summed E-state index contributed by atoms with van der Waals surface area (Å²) in [7, 11) is 1.58. The summed E-state index contributed by atoms with van der Waals surface area (Å²) < 4.78 is 10.4. The molecule has 2 N–H and O–H groups in total. The van der Waals surface area contributed by atoms with Gasteiger partial charge in [0.1, 0.15) is 11.5 Å². The first-order valence-corrected chi connectivity index (χ1v) is 8.03. The van der Waals surface area contributed by atoms with Crippen molar-refractivity contribution in [3.63, 3.8) is 0 Å². The molecule has 0 aliphatic rings. The molecule has 0 aromatic heterocycles. The van der Waals surface area contributed by atoms with Crippen molar-refractivity contribution in [2.75, 3.05) is 25.6 Å². The van der Waals surface area contributed by atoms with Crippen LogP contribution in [0.1, 0.15) is 12.5 Å². The van der Waals surface area contributed by atoms with Gasteiger partial charge < -0.3 is 20.1 Å². The van der Waals surface area contributed by atoms with Gasteiger partial charge in [0.15, 0.2) is 6.61 Å². The molecule has 0 aliphatic carbocycles.